The third-order valence-corrected chi connectivity index (χ3v) is 6.55. The summed E-state index contributed by atoms with van der Waals surface area (Å²) in [7, 11) is -3.74. The van der Waals surface area contributed by atoms with Crippen LogP contribution in [0.3, 0.4) is 0 Å². The molecule has 1 amide bonds. The first-order valence-corrected chi connectivity index (χ1v) is 10.6. The standard InChI is InChI=1S/C21H19ClN2O4S/c1-13-10-14(2)24-21(26)18(13)12-23-20(25)17-9-8-16(11-19(17)22)29(27,28)15-6-4-3-5-7-15/h3-11H,12H2,1-2H3,(H,23,25)(H,24,26). The Morgan fingerprint density at radius 3 is 2.34 bits per heavy atom. The van der Waals surface area contributed by atoms with Crippen molar-refractivity contribution in [3.63, 3.8) is 0 Å². The number of rotatable bonds is 5. The van der Waals surface area contributed by atoms with Crippen LogP contribution in [-0.2, 0) is 16.4 Å². The third kappa shape index (κ3) is 4.41. The summed E-state index contributed by atoms with van der Waals surface area (Å²) < 4.78 is 25.4. The largest absolute Gasteiger partial charge is 0.348 e. The average molecular weight is 431 g/mol. The highest BCUT2D eigenvalue weighted by atomic mass is 35.5. The fourth-order valence-electron chi connectivity index (χ4n) is 2.95. The van der Waals surface area contributed by atoms with E-state index >= 15 is 0 Å². The molecule has 0 saturated heterocycles. The lowest BCUT2D eigenvalue weighted by molar-refractivity contribution is 0.0951. The number of pyridine rings is 1. The van der Waals surface area contributed by atoms with Gasteiger partial charge < -0.3 is 10.3 Å². The van der Waals surface area contributed by atoms with E-state index in [9.17, 15) is 18.0 Å². The van der Waals surface area contributed by atoms with E-state index in [1.807, 2.05) is 6.07 Å². The minimum absolute atomic E-state index is 0.00364. The predicted octanol–water partition coefficient (Wildman–Crippen LogP) is 3.41. The molecule has 0 radical (unpaired) electrons. The molecule has 0 aliphatic rings. The monoisotopic (exact) mass is 430 g/mol. The van der Waals surface area contributed by atoms with E-state index in [2.05, 4.69) is 10.3 Å². The van der Waals surface area contributed by atoms with Gasteiger partial charge in [0.2, 0.25) is 9.84 Å². The second-order valence-electron chi connectivity index (χ2n) is 6.58. The second kappa shape index (κ2) is 8.23. The van der Waals surface area contributed by atoms with E-state index in [-0.39, 0.29) is 32.5 Å². The Labute approximate surface area is 173 Å². The number of aromatic nitrogens is 1. The molecule has 150 valence electrons. The summed E-state index contributed by atoms with van der Waals surface area (Å²) in [5.74, 6) is -0.502. The maximum atomic E-state index is 12.7. The van der Waals surface area contributed by atoms with E-state index in [0.29, 0.717) is 5.56 Å². The van der Waals surface area contributed by atoms with Crippen molar-refractivity contribution in [3.05, 3.63) is 92.4 Å². The van der Waals surface area contributed by atoms with Gasteiger partial charge in [0.1, 0.15) is 0 Å². The number of hydrogen-bond donors (Lipinski definition) is 2. The van der Waals surface area contributed by atoms with Crippen molar-refractivity contribution in [1.29, 1.82) is 0 Å². The Morgan fingerprint density at radius 1 is 1.03 bits per heavy atom. The van der Waals surface area contributed by atoms with Crippen LogP contribution in [0.25, 0.3) is 0 Å². The molecule has 1 aromatic heterocycles. The van der Waals surface area contributed by atoms with Gasteiger partial charge in [-0.25, -0.2) is 8.42 Å². The molecule has 0 aliphatic heterocycles. The fourth-order valence-corrected chi connectivity index (χ4v) is 4.59. The van der Waals surface area contributed by atoms with Crippen molar-refractivity contribution >= 4 is 27.3 Å². The number of carbonyl (C=O) groups excluding carboxylic acids is 1. The number of nitrogens with one attached hydrogen (secondary N) is 2. The van der Waals surface area contributed by atoms with Crippen molar-refractivity contribution in [1.82, 2.24) is 10.3 Å². The van der Waals surface area contributed by atoms with Crippen LogP contribution in [0.2, 0.25) is 5.02 Å². The molecule has 0 unspecified atom stereocenters. The summed E-state index contributed by atoms with van der Waals surface area (Å²) in [5.41, 5.74) is 1.81. The highest BCUT2D eigenvalue weighted by Crippen LogP contribution is 2.25. The van der Waals surface area contributed by atoms with E-state index in [1.165, 1.54) is 30.3 Å². The van der Waals surface area contributed by atoms with Crippen LogP contribution in [0.4, 0.5) is 0 Å². The molecule has 29 heavy (non-hydrogen) atoms. The van der Waals surface area contributed by atoms with E-state index < -0.39 is 15.7 Å². The highest BCUT2D eigenvalue weighted by molar-refractivity contribution is 7.91. The summed E-state index contributed by atoms with van der Waals surface area (Å²) in [4.78, 5) is 27.4. The smallest absolute Gasteiger partial charge is 0.253 e. The fraction of sp³-hybridized carbons (Fsp3) is 0.143. The molecule has 2 N–H and O–H groups in total. The first-order valence-electron chi connectivity index (χ1n) is 8.77. The molecule has 8 heteroatoms. The summed E-state index contributed by atoms with van der Waals surface area (Å²) in [6.45, 7) is 3.60. The van der Waals surface area contributed by atoms with Gasteiger partial charge in [0.25, 0.3) is 11.5 Å². The molecule has 3 rings (SSSR count). The predicted molar refractivity (Wildman–Crippen MR) is 111 cm³/mol. The molecule has 2 aromatic carbocycles. The Bertz CT molecular complexity index is 1240. The average Bonchev–Trinajstić information content (AvgIpc) is 2.67. The lowest BCUT2D eigenvalue weighted by Crippen LogP contribution is -2.28. The number of aryl methyl sites for hydroxylation is 2. The molecule has 3 aromatic rings. The van der Waals surface area contributed by atoms with Gasteiger partial charge in [-0.05, 0) is 55.8 Å². The van der Waals surface area contributed by atoms with Crippen LogP contribution in [0.1, 0.15) is 27.2 Å². The number of halogens is 1. The Balaban J connectivity index is 1.82. The first-order chi connectivity index (χ1) is 13.7. The van der Waals surface area contributed by atoms with Crippen LogP contribution in [0.15, 0.2) is 69.2 Å². The van der Waals surface area contributed by atoms with E-state index in [4.69, 9.17) is 11.6 Å². The zero-order valence-corrected chi connectivity index (χ0v) is 17.4. The van der Waals surface area contributed by atoms with Crippen LogP contribution < -0.4 is 10.9 Å². The van der Waals surface area contributed by atoms with Gasteiger partial charge >= 0.3 is 0 Å². The number of amides is 1. The molecule has 0 saturated carbocycles. The number of hydrogen-bond acceptors (Lipinski definition) is 4. The molecular formula is C21H19ClN2O4S. The number of aromatic amines is 1. The van der Waals surface area contributed by atoms with E-state index in [1.54, 1.807) is 32.0 Å². The first kappa shape index (κ1) is 20.8. The Kier molecular flexibility index (Phi) is 5.91. The molecule has 0 spiro atoms. The van der Waals surface area contributed by atoms with Gasteiger partial charge in [0.15, 0.2) is 0 Å². The molecule has 0 fully saturated rings. The second-order valence-corrected chi connectivity index (χ2v) is 8.94. The summed E-state index contributed by atoms with van der Waals surface area (Å²) in [6.07, 6.45) is 0. The van der Waals surface area contributed by atoms with Gasteiger partial charge in [-0.2, -0.15) is 0 Å². The van der Waals surface area contributed by atoms with Crippen molar-refractivity contribution in [3.8, 4) is 0 Å². The lowest BCUT2D eigenvalue weighted by Gasteiger charge is -2.10. The summed E-state index contributed by atoms with van der Waals surface area (Å²) in [6, 6.07) is 13.7. The van der Waals surface area contributed by atoms with Crippen LogP contribution >= 0.6 is 11.6 Å². The SMILES string of the molecule is Cc1cc(C)c(CNC(=O)c2ccc(S(=O)(=O)c3ccccc3)cc2Cl)c(=O)[nH]1. The quantitative estimate of drug-likeness (QED) is 0.648. The van der Waals surface area contributed by atoms with Crippen molar-refractivity contribution in [2.45, 2.75) is 30.2 Å². The minimum Gasteiger partial charge on any atom is -0.348 e. The van der Waals surface area contributed by atoms with Crippen molar-refractivity contribution in [2.24, 2.45) is 0 Å². The maximum absolute atomic E-state index is 12.7. The molecule has 6 nitrogen and oxygen atoms in total. The highest BCUT2D eigenvalue weighted by Gasteiger charge is 2.20. The lowest BCUT2D eigenvalue weighted by atomic mass is 10.1. The Morgan fingerprint density at radius 2 is 1.72 bits per heavy atom. The topological polar surface area (TPSA) is 96.1 Å². The van der Waals surface area contributed by atoms with Gasteiger partial charge in [0.05, 0.1) is 20.4 Å². The third-order valence-electron chi connectivity index (χ3n) is 4.47. The molecule has 0 atom stereocenters. The van der Waals surface area contributed by atoms with Crippen molar-refractivity contribution < 1.29 is 13.2 Å². The summed E-state index contributed by atoms with van der Waals surface area (Å²) >= 11 is 6.19. The maximum Gasteiger partial charge on any atom is 0.253 e. The number of benzene rings is 2. The van der Waals surface area contributed by atoms with Gasteiger partial charge in [-0.15, -0.1) is 0 Å². The number of sulfone groups is 1. The van der Waals surface area contributed by atoms with Crippen LogP contribution in [-0.4, -0.2) is 19.3 Å². The molecule has 1 heterocycles. The van der Waals surface area contributed by atoms with E-state index in [0.717, 1.165) is 11.3 Å². The summed E-state index contributed by atoms with van der Waals surface area (Å²) in [5, 5.41) is 2.66. The molecule has 0 bridgehead atoms. The van der Waals surface area contributed by atoms with Gasteiger partial charge in [-0.1, -0.05) is 29.8 Å². The number of carbonyl (C=O) groups is 1. The Hall–Kier alpha value is -2.90. The van der Waals surface area contributed by atoms with Crippen molar-refractivity contribution in [2.75, 3.05) is 0 Å². The minimum atomic E-state index is -3.74. The zero-order chi connectivity index (χ0) is 21.2. The van der Waals surface area contributed by atoms with Gasteiger partial charge in [0, 0.05) is 17.8 Å². The molecule has 0 aliphatic carbocycles. The normalized spacial score (nSPS) is 11.3. The number of H-pyrrole nitrogens is 1. The zero-order valence-electron chi connectivity index (χ0n) is 15.8. The van der Waals surface area contributed by atoms with Crippen LogP contribution in [0, 0.1) is 13.8 Å². The van der Waals surface area contributed by atoms with Crippen LogP contribution in [0.5, 0.6) is 0 Å². The molecular weight excluding hydrogens is 412 g/mol. The van der Waals surface area contributed by atoms with Gasteiger partial charge in [-0.3, -0.25) is 9.59 Å².